The van der Waals surface area contributed by atoms with Crippen molar-refractivity contribution in [3.63, 3.8) is 0 Å². The summed E-state index contributed by atoms with van der Waals surface area (Å²) in [7, 11) is 0.454. The lowest BCUT2D eigenvalue weighted by atomic mass is 10.3. The zero-order valence-corrected chi connectivity index (χ0v) is 8.66. The molecule has 0 unspecified atom stereocenters. The van der Waals surface area contributed by atoms with Crippen LogP contribution in [-0.4, -0.2) is 43.0 Å². The topological polar surface area (TPSA) is 68.0 Å². The maximum absolute atomic E-state index is 11.1. The Bertz CT molecular complexity index is 250. The fourth-order valence-corrected chi connectivity index (χ4v) is 2.97. The second-order valence-electron chi connectivity index (χ2n) is 3.47. The van der Waals surface area contributed by atoms with Crippen molar-refractivity contribution in [3.05, 3.63) is 0 Å². The van der Waals surface area contributed by atoms with Gasteiger partial charge < -0.3 is 0 Å². The van der Waals surface area contributed by atoms with Gasteiger partial charge in [-0.15, -0.1) is 0 Å². The van der Waals surface area contributed by atoms with Crippen LogP contribution in [0.25, 0.3) is 0 Å². The molecular formula is C6H14N3O3P. The van der Waals surface area contributed by atoms with Gasteiger partial charge in [0.05, 0.1) is 0 Å². The molecule has 2 saturated heterocycles. The number of hydrogen-bond acceptors (Lipinski definition) is 5. The smallest absolute Gasteiger partial charge is 0.241 e. The van der Waals surface area contributed by atoms with E-state index in [0.29, 0.717) is 0 Å². The van der Waals surface area contributed by atoms with E-state index in [0.717, 1.165) is 19.5 Å². The molecule has 2 rings (SSSR count). The van der Waals surface area contributed by atoms with E-state index in [2.05, 4.69) is 0 Å². The van der Waals surface area contributed by atoms with E-state index < -0.39 is 13.8 Å². The summed E-state index contributed by atoms with van der Waals surface area (Å²) in [5.41, 5.74) is 5.21. The number of rotatable bonds is 0. The minimum absolute atomic E-state index is 0.852. The first kappa shape index (κ1) is 9.58. The maximum atomic E-state index is 11.1. The molecule has 2 aliphatic rings. The Hall–Kier alpha value is 0.0300. The minimum atomic E-state index is -3.26. The van der Waals surface area contributed by atoms with Crippen LogP contribution in [0.3, 0.4) is 0 Å². The highest BCUT2D eigenvalue weighted by molar-refractivity contribution is 7.52. The summed E-state index contributed by atoms with van der Waals surface area (Å²) in [4.78, 5) is 3.72. The van der Waals surface area contributed by atoms with Gasteiger partial charge in [-0.25, -0.2) is 28.9 Å². The van der Waals surface area contributed by atoms with E-state index in [9.17, 15) is 4.57 Å². The lowest BCUT2D eigenvalue weighted by Crippen LogP contribution is -2.69. The van der Waals surface area contributed by atoms with Crippen molar-refractivity contribution in [2.75, 3.05) is 27.2 Å². The van der Waals surface area contributed by atoms with Gasteiger partial charge in [0, 0.05) is 13.1 Å². The Kier molecular flexibility index (Phi) is 2.03. The van der Waals surface area contributed by atoms with Gasteiger partial charge in [0.15, 0.2) is 0 Å². The lowest BCUT2D eigenvalue weighted by molar-refractivity contribution is -0.369. The minimum Gasteiger partial charge on any atom is -0.241 e. The van der Waals surface area contributed by atoms with Gasteiger partial charge in [-0.3, -0.25) is 0 Å². The highest BCUT2D eigenvalue weighted by atomic mass is 31.2. The third kappa shape index (κ3) is 1.34. The molecule has 2 aliphatic heterocycles. The summed E-state index contributed by atoms with van der Waals surface area (Å²) in [6.07, 6.45) is 1.04. The van der Waals surface area contributed by atoms with Crippen molar-refractivity contribution in [1.82, 2.24) is 9.80 Å². The molecule has 0 atom stereocenters. The third-order valence-electron chi connectivity index (χ3n) is 2.44. The Morgan fingerprint density at radius 1 is 1.31 bits per heavy atom. The Morgan fingerprint density at radius 3 is 2.15 bits per heavy atom. The summed E-state index contributed by atoms with van der Waals surface area (Å²) in [5, 5.41) is 0. The SMILES string of the molecule is CN1CCCN(C)C12OP(N)(=O)O2. The van der Waals surface area contributed by atoms with Gasteiger partial charge in [0.2, 0.25) is 0 Å². The number of hydrogen-bond donors (Lipinski definition) is 1. The van der Waals surface area contributed by atoms with Gasteiger partial charge in [-0.05, 0) is 20.5 Å². The molecule has 0 bridgehead atoms. The van der Waals surface area contributed by atoms with Crippen molar-refractivity contribution >= 4 is 7.75 Å². The predicted molar refractivity (Wildman–Crippen MR) is 46.6 cm³/mol. The summed E-state index contributed by atoms with van der Waals surface area (Å²) in [5.74, 6) is 0. The van der Waals surface area contributed by atoms with Crippen LogP contribution in [0.15, 0.2) is 0 Å². The van der Waals surface area contributed by atoms with Crippen molar-refractivity contribution in [2.24, 2.45) is 5.50 Å². The van der Waals surface area contributed by atoms with Crippen molar-refractivity contribution < 1.29 is 13.6 Å². The van der Waals surface area contributed by atoms with Crippen LogP contribution in [0, 0.1) is 0 Å². The zero-order chi connectivity index (χ0) is 9.69. The van der Waals surface area contributed by atoms with E-state index in [4.69, 9.17) is 14.6 Å². The van der Waals surface area contributed by atoms with Crippen LogP contribution < -0.4 is 5.50 Å². The molecule has 0 aromatic carbocycles. The Labute approximate surface area is 77.2 Å². The highest BCUT2D eigenvalue weighted by Gasteiger charge is 2.60. The standard InChI is InChI=1S/C6H14N3O3P/c1-8-4-3-5-9(2)6(8)11-13(7,10)12-6/h3-5H2,1-2H3,(H2,7,10). The second-order valence-corrected chi connectivity index (χ2v) is 4.91. The van der Waals surface area contributed by atoms with Gasteiger partial charge in [0.25, 0.3) is 0 Å². The van der Waals surface area contributed by atoms with Gasteiger partial charge in [0.1, 0.15) is 0 Å². The van der Waals surface area contributed by atoms with Crippen LogP contribution >= 0.6 is 7.75 Å². The molecule has 76 valence electrons. The summed E-state index contributed by atoms with van der Waals surface area (Å²) < 4.78 is 21.4. The summed E-state index contributed by atoms with van der Waals surface area (Å²) in [6.45, 7) is 1.70. The quantitative estimate of drug-likeness (QED) is 0.563. The maximum Gasteiger partial charge on any atom is 0.412 e. The first-order valence-electron chi connectivity index (χ1n) is 4.19. The zero-order valence-electron chi connectivity index (χ0n) is 7.77. The molecule has 0 radical (unpaired) electrons. The molecule has 13 heavy (non-hydrogen) atoms. The number of nitrogens with two attached hydrogens (primary N) is 1. The van der Waals surface area contributed by atoms with E-state index in [1.54, 1.807) is 0 Å². The van der Waals surface area contributed by atoms with Crippen molar-refractivity contribution in [1.29, 1.82) is 0 Å². The number of nitrogens with zero attached hydrogens (tertiary/aromatic N) is 2. The van der Waals surface area contributed by atoms with Gasteiger partial charge in [-0.1, -0.05) is 0 Å². The Morgan fingerprint density at radius 2 is 1.77 bits per heavy atom. The van der Waals surface area contributed by atoms with Crippen LogP contribution in [-0.2, 0) is 13.6 Å². The van der Waals surface area contributed by atoms with Crippen LogP contribution in [0.5, 0.6) is 0 Å². The van der Waals surface area contributed by atoms with Gasteiger partial charge in [-0.2, -0.15) is 0 Å². The molecule has 0 aromatic heterocycles. The monoisotopic (exact) mass is 207 g/mol. The molecule has 2 heterocycles. The first-order valence-corrected chi connectivity index (χ1v) is 5.80. The second kappa shape index (κ2) is 2.76. The molecule has 1 spiro atoms. The molecule has 7 heteroatoms. The highest BCUT2D eigenvalue weighted by Crippen LogP contribution is 2.60. The largest absolute Gasteiger partial charge is 0.412 e. The Balaban J connectivity index is 2.16. The summed E-state index contributed by atoms with van der Waals surface area (Å²) >= 11 is 0. The molecule has 0 saturated carbocycles. The van der Waals surface area contributed by atoms with Crippen molar-refractivity contribution in [2.45, 2.75) is 12.5 Å². The van der Waals surface area contributed by atoms with E-state index in [1.807, 2.05) is 23.9 Å². The molecule has 2 fully saturated rings. The first-order chi connectivity index (χ1) is 5.96. The van der Waals surface area contributed by atoms with Crippen LogP contribution in [0.2, 0.25) is 0 Å². The van der Waals surface area contributed by atoms with Crippen LogP contribution in [0.1, 0.15) is 6.42 Å². The van der Waals surface area contributed by atoms with E-state index in [-0.39, 0.29) is 0 Å². The average molecular weight is 207 g/mol. The average Bonchev–Trinajstić information content (AvgIpc) is 1.96. The lowest BCUT2D eigenvalue weighted by Gasteiger charge is -2.55. The molecule has 0 aromatic rings. The van der Waals surface area contributed by atoms with Crippen LogP contribution in [0.4, 0.5) is 0 Å². The third-order valence-corrected chi connectivity index (χ3v) is 3.43. The molecule has 6 nitrogen and oxygen atoms in total. The van der Waals surface area contributed by atoms with E-state index in [1.165, 1.54) is 0 Å². The normalized spacial score (nSPS) is 33.2. The fraction of sp³-hybridized carbons (Fsp3) is 1.00. The van der Waals surface area contributed by atoms with E-state index >= 15 is 0 Å². The molecule has 0 amide bonds. The van der Waals surface area contributed by atoms with Gasteiger partial charge >= 0.3 is 13.8 Å². The fourth-order valence-electron chi connectivity index (χ4n) is 1.74. The molecule has 2 N–H and O–H groups in total. The summed E-state index contributed by atoms with van der Waals surface area (Å²) in [6, 6.07) is -0.970. The molecular weight excluding hydrogens is 193 g/mol. The molecule has 0 aliphatic carbocycles. The predicted octanol–water partition coefficient (Wildman–Crippen LogP) is -0.0214. The van der Waals surface area contributed by atoms with Crippen molar-refractivity contribution in [3.8, 4) is 0 Å².